The lowest BCUT2D eigenvalue weighted by Gasteiger charge is -2.33. The minimum absolute atomic E-state index is 0.0620. The first-order valence-corrected chi connectivity index (χ1v) is 6.22. The van der Waals surface area contributed by atoms with Crippen LogP contribution >= 0.6 is 0 Å². The molecule has 0 spiro atoms. The van der Waals surface area contributed by atoms with E-state index in [2.05, 4.69) is 22.9 Å². The zero-order chi connectivity index (χ0) is 12.5. The normalized spacial score (nSPS) is 20.3. The van der Waals surface area contributed by atoms with Crippen molar-refractivity contribution in [1.29, 1.82) is 0 Å². The van der Waals surface area contributed by atoms with Crippen LogP contribution in [0, 0.1) is 0 Å². The standard InChI is InChI=1S/C14H16N2O2/c1-10-9-16(6-7-18-10)11-2-3-13-12(8-11)14(17)4-5-15-13/h2-5,8,10H,6-7,9H2,1H3,(H,15,17). The fourth-order valence-electron chi connectivity index (χ4n) is 2.41. The number of anilines is 1. The molecule has 94 valence electrons. The summed E-state index contributed by atoms with van der Waals surface area (Å²) in [6, 6.07) is 7.54. The number of pyridine rings is 1. The number of morpholine rings is 1. The fourth-order valence-corrected chi connectivity index (χ4v) is 2.41. The third-order valence-corrected chi connectivity index (χ3v) is 3.35. The van der Waals surface area contributed by atoms with Crippen LogP contribution in [-0.4, -0.2) is 30.8 Å². The van der Waals surface area contributed by atoms with Gasteiger partial charge >= 0.3 is 0 Å². The number of fused-ring (bicyclic) bond motifs is 1. The molecule has 0 bridgehead atoms. The predicted molar refractivity (Wildman–Crippen MR) is 72.2 cm³/mol. The third kappa shape index (κ3) is 1.99. The van der Waals surface area contributed by atoms with E-state index in [9.17, 15) is 4.79 Å². The molecule has 0 radical (unpaired) electrons. The van der Waals surface area contributed by atoms with Crippen molar-refractivity contribution in [2.45, 2.75) is 13.0 Å². The van der Waals surface area contributed by atoms with Gasteiger partial charge in [0, 0.05) is 41.9 Å². The second-order valence-electron chi connectivity index (χ2n) is 4.70. The van der Waals surface area contributed by atoms with E-state index < -0.39 is 0 Å². The second-order valence-corrected chi connectivity index (χ2v) is 4.70. The Morgan fingerprint density at radius 1 is 1.39 bits per heavy atom. The van der Waals surface area contributed by atoms with E-state index in [1.54, 1.807) is 12.3 Å². The highest BCUT2D eigenvalue weighted by molar-refractivity contribution is 5.82. The van der Waals surface area contributed by atoms with Crippen LogP contribution in [0.25, 0.3) is 10.9 Å². The largest absolute Gasteiger partial charge is 0.375 e. The molecule has 1 aliphatic rings. The zero-order valence-electron chi connectivity index (χ0n) is 10.3. The van der Waals surface area contributed by atoms with Crippen LogP contribution in [0.1, 0.15) is 6.92 Å². The number of hydrogen-bond acceptors (Lipinski definition) is 3. The van der Waals surface area contributed by atoms with Gasteiger partial charge in [-0.3, -0.25) is 4.79 Å². The van der Waals surface area contributed by atoms with E-state index in [-0.39, 0.29) is 11.5 Å². The first kappa shape index (κ1) is 11.3. The van der Waals surface area contributed by atoms with Crippen molar-refractivity contribution in [3.8, 4) is 0 Å². The Balaban J connectivity index is 2.02. The minimum atomic E-state index is 0.0620. The molecule has 2 heterocycles. The first-order chi connectivity index (χ1) is 8.74. The van der Waals surface area contributed by atoms with E-state index in [0.717, 1.165) is 36.3 Å². The molecule has 1 saturated heterocycles. The van der Waals surface area contributed by atoms with Gasteiger partial charge in [-0.15, -0.1) is 0 Å². The molecule has 1 fully saturated rings. The van der Waals surface area contributed by atoms with Crippen LogP contribution in [0.15, 0.2) is 35.3 Å². The van der Waals surface area contributed by atoms with E-state index in [1.807, 2.05) is 12.1 Å². The van der Waals surface area contributed by atoms with Crippen LogP contribution in [0.3, 0.4) is 0 Å². The summed E-state index contributed by atoms with van der Waals surface area (Å²) in [7, 11) is 0. The molecule has 1 unspecified atom stereocenters. The van der Waals surface area contributed by atoms with Gasteiger partial charge in [-0.2, -0.15) is 0 Å². The number of aromatic amines is 1. The molecule has 1 aromatic heterocycles. The van der Waals surface area contributed by atoms with Gasteiger partial charge in [-0.1, -0.05) is 0 Å². The average Bonchev–Trinajstić information content (AvgIpc) is 2.39. The van der Waals surface area contributed by atoms with Crippen molar-refractivity contribution in [3.05, 3.63) is 40.7 Å². The second kappa shape index (κ2) is 4.46. The molecule has 1 aliphatic heterocycles. The number of nitrogens with one attached hydrogen (secondary N) is 1. The number of rotatable bonds is 1. The summed E-state index contributed by atoms with van der Waals surface area (Å²) in [6.45, 7) is 4.56. The summed E-state index contributed by atoms with van der Waals surface area (Å²) >= 11 is 0. The Bertz CT molecular complexity index is 620. The Labute approximate surface area is 105 Å². The molecular formula is C14H16N2O2. The Morgan fingerprint density at radius 3 is 3.11 bits per heavy atom. The van der Waals surface area contributed by atoms with Crippen molar-refractivity contribution in [1.82, 2.24) is 4.98 Å². The molecule has 0 aliphatic carbocycles. The number of nitrogens with zero attached hydrogens (tertiary/aromatic N) is 1. The number of benzene rings is 1. The Hall–Kier alpha value is -1.81. The van der Waals surface area contributed by atoms with Gasteiger partial charge in [-0.25, -0.2) is 0 Å². The summed E-state index contributed by atoms with van der Waals surface area (Å²) in [5.74, 6) is 0. The minimum Gasteiger partial charge on any atom is -0.375 e. The number of ether oxygens (including phenoxy) is 1. The predicted octanol–water partition coefficient (Wildman–Crippen LogP) is 1.75. The van der Waals surface area contributed by atoms with Crippen molar-refractivity contribution in [3.63, 3.8) is 0 Å². The maximum atomic E-state index is 11.8. The number of hydrogen-bond donors (Lipinski definition) is 1. The molecule has 3 rings (SSSR count). The molecule has 0 saturated carbocycles. The lowest BCUT2D eigenvalue weighted by atomic mass is 10.1. The van der Waals surface area contributed by atoms with Gasteiger partial charge in [-0.05, 0) is 25.1 Å². The molecule has 0 amide bonds. The third-order valence-electron chi connectivity index (χ3n) is 3.35. The highest BCUT2D eigenvalue weighted by Gasteiger charge is 2.17. The lowest BCUT2D eigenvalue weighted by molar-refractivity contribution is 0.0532. The van der Waals surface area contributed by atoms with E-state index in [1.165, 1.54) is 0 Å². The number of H-pyrrole nitrogens is 1. The summed E-state index contributed by atoms with van der Waals surface area (Å²) < 4.78 is 5.53. The topological polar surface area (TPSA) is 45.3 Å². The average molecular weight is 244 g/mol. The van der Waals surface area contributed by atoms with Crippen molar-refractivity contribution in [2.75, 3.05) is 24.6 Å². The quantitative estimate of drug-likeness (QED) is 0.831. The molecular weight excluding hydrogens is 228 g/mol. The fraction of sp³-hybridized carbons (Fsp3) is 0.357. The monoisotopic (exact) mass is 244 g/mol. The van der Waals surface area contributed by atoms with Crippen LogP contribution in [0.5, 0.6) is 0 Å². The maximum absolute atomic E-state index is 11.8. The Kier molecular flexibility index (Phi) is 2.80. The lowest BCUT2D eigenvalue weighted by Crippen LogP contribution is -2.41. The summed E-state index contributed by atoms with van der Waals surface area (Å²) in [6.07, 6.45) is 1.92. The van der Waals surface area contributed by atoms with Gasteiger partial charge in [0.05, 0.1) is 12.7 Å². The first-order valence-electron chi connectivity index (χ1n) is 6.22. The summed E-state index contributed by atoms with van der Waals surface area (Å²) in [5, 5.41) is 0.745. The van der Waals surface area contributed by atoms with Gasteiger partial charge in [0.15, 0.2) is 5.43 Å². The Morgan fingerprint density at radius 2 is 2.28 bits per heavy atom. The van der Waals surface area contributed by atoms with Gasteiger partial charge in [0.1, 0.15) is 0 Å². The highest BCUT2D eigenvalue weighted by atomic mass is 16.5. The van der Waals surface area contributed by atoms with Gasteiger partial charge in [0.25, 0.3) is 0 Å². The highest BCUT2D eigenvalue weighted by Crippen LogP contribution is 2.21. The molecule has 2 aromatic rings. The SMILES string of the molecule is CC1CN(c2ccc3[nH]ccc(=O)c3c2)CCO1. The van der Waals surface area contributed by atoms with Crippen LogP contribution in [0.4, 0.5) is 5.69 Å². The van der Waals surface area contributed by atoms with Crippen molar-refractivity contribution >= 4 is 16.6 Å². The smallest absolute Gasteiger partial charge is 0.189 e. The summed E-state index contributed by atoms with van der Waals surface area (Å²) in [4.78, 5) is 17.2. The maximum Gasteiger partial charge on any atom is 0.189 e. The van der Waals surface area contributed by atoms with E-state index >= 15 is 0 Å². The van der Waals surface area contributed by atoms with Gasteiger partial charge < -0.3 is 14.6 Å². The van der Waals surface area contributed by atoms with Crippen molar-refractivity contribution < 1.29 is 4.74 Å². The number of aromatic nitrogens is 1. The van der Waals surface area contributed by atoms with E-state index in [4.69, 9.17) is 4.74 Å². The summed E-state index contributed by atoms with van der Waals surface area (Å²) in [5.41, 5.74) is 2.04. The molecule has 18 heavy (non-hydrogen) atoms. The molecule has 4 nitrogen and oxygen atoms in total. The molecule has 1 N–H and O–H groups in total. The van der Waals surface area contributed by atoms with E-state index in [0.29, 0.717) is 0 Å². The van der Waals surface area contributed by atoms with Crippen LogP contribution < -0.4 is 10.3 Å². The molecule has 1 atom stereocenters. The van der Waals surface area contributed by atoms with Crippen molar-refractivity contribution in [2.24, 2.45) is 0 Å². The molecule has 1 aromatic carbocycles. The van der Waals surface area contributed by atoms with Crippen LogP contribution in [-0.2, 0) is 4.74 Å². The van der Waals surface area contributed by atoms with Gasteiger partial charge in [0.2, 0.25) is 0 Å². The zero-order valence-corrected chi connectivity index (χ0v) is 10.3. The molecule has 4 heteroatoms. The van der Waals surface area contributed by atoms with Crippen LogP contribution in [0.2, 0.25) is 0 Å².